The van der Waals surface area contributed by atoms with Gasteiger partial charge in [-0.2, -0.15) is 11.8 Å². The fourth-order valence-electron chi connectivity index (χ4n) is 3.04. The van der Waals surface area contributed by atoms with Gasteiger partial charge in [-0.3, -0.25) is 4.79 Å². The predicted octanol–water partition coefficient (Wildman–Crippen LogP) is 2.17. The van der Waals surface area contributed by atoms with E-state index in [0.717, 1.165) is 6.42 Å². The number of thioether (sulfide) groups is 1. The van der Waals surface area contributed by atoms with Crippen molar-refractivity contribution in [2.24, 2.45) is 5.41 Å². The van der Waals surface area contributed by atoms with E-state index in [1.54, 1.807) is 11.8 Å². The highest BCUT2D eigenvalue weighted by Crippen LogP contribution is 2.32. The van der Waals surface area contributed by atoms with Crippen molar-refractivity contribution < 1.29 is 14.7 Å². The standard InChI is InChI=1S/C14H24N2O3S/c1-14(12(17)18)6-8-16(9-7-14)13(19)15-10-4-3-5-11(10)20-2/h10-11H,3-9H2,1-2H3,(H,15,19)(H,17,18). The molecule has 2 unspecified atom stereocenters. The third kappa shape index (κ3) is 3.22. The summed E-state index contributed by atoms with van der Waals surface area (Å²) in [6, 6.07) is 0.244. The number of carboxylic acid groups (broad SMARTS) is 1. The molecule has 0 spiro atoms. The van der Waals surface area contributed by atoms with E-state index >= 15 is 0 Å². The van der Waals surface area contributed by atoms with E-state index in [2.05, 4.69) is 11.6 Å². The number of carbonyl (C=O) groups is 2. The Labute approximate surface area is 124 Å². The summed E-state index contributed by atoms with van der Waals surface area (Å²) in [6.45, 7) is 2.84. The molecule has 0 aromatic rings. The number of nitrogens with one attached hydrogen (secondary N) is 1. The molecule has 1 saturated heterocycles. The van der Waals surface area contributed by atoms with Crippen LogP contribution in [0.5, 0.6) is 0 Å². The second-order valence-electron chi connectivity index (χ2n) is 6.11. The van der Waals surface area contributed by atoms with Gasteiger partial charge < -0.3 is 15.3 Å². The van der Waals surface area contributed by atoms with Gasteiger partial charge in [-0.25, -0.2) is 4.79 Å². The molecule has 1 heterocycles. The molecule has 1 saturated carbocycles. The summed E-state index contributed by atoms with van der Waals surface area (Å²) in [5, 5.41) is 12.8. The third-order valence-electron chi connectivity index (χ3n) is 4.73. The maximum absolute atomic E-state index is 12.3. The van der Waals surface area contributed by atoms with Crippen LogP contribution in [-0.4, -0.2) is 52.6 Å². The number of likely N-dealkylation sites (tertiary alicyclic amines) is 1. The lowest BCUT2D eigenvalue weighted by Gasteiger charge is -2.37. The molecule has 114 valence electrons. The van der Waals surface area contributed by atoms with Crippen molar-refractivity contribution in [1.82, 2.24) is 10.2 Å². The smallest absolute Gasteiger partial charge is 0.317 e. The average Bonchev–Trinajstić information content (AvgIpc) is 2.86. The Bertz CT molecular complexity index is 381. The number of rotatable bonds is 3. The minimum atomic E-state index is -0.754. The molecule has 0 aromatic carbocycles. The van der Waals surface area contributed by atoms with Crippen molar-refractivity contribution in [3.05, 3.63) is 0 Å². The van der Waals surface area contributed by atoms with Gasteiger partial charge in [0.1, 0.15) is 0 Å². The summed E-state index contributed by atoms with van der Waals surface area (Å²) in [7, 11) is 0. The SMILES string of the molecule is CSC1CCCC1NC(=O)N1CCC(C)(C(=O)O)CC1. The number of hydrogen-bond donors (Lipinski definition) is 2. The molecule has 20 heavy (non-hydrogen) atoms. The van der Waals surface area contributed by atoms with E-state index in [0.29, 0.717) is 31.2 Å². The van der Waals surface area contributed by atoms with Crippen molar-refractivity contribution >= 4 is 23.8 Å². The van der Waals surface area contributed by atoms with Crippen LogP contribution in [0.2, 0.25) is 0 Å². The van der Waals surface area contributed by atoms with Crippen LogP contribution in [-0.2, 0) is 4.79 Å². The molecular formula is C14H24N2O3S. The number of hydrogen-bond acceptors (Lipinski definition) is 3. The molecule has 0 aromatic heterocycles. The van der Waals surface area contributed by atoms with Gasteiger partial charge in [0.15, 0.2) is 0 Å². The molecule has 5 nitrogen and oxygen atoms in total. The molecule has 2 rings (SSSR count). The Balaban J connectivity index is 1.84. The fraction of sp³-hybridized carbons (Fsp3) is 0.857. The van der Waals surface area contributed by atoms with E-state index < -0.39 is 11.4 Å². The van der Waals surface area contributed by atoms with Gasteiger partial charge >= 0.3 is 12.0 Å². The number of carboxylic acids is 1. The average molecular weight is 300 g/mol. The largest absolute Gasteiger partial charge is 0.481 e. The quantitative estimate of drug-likeness (QED) is 0.838. The van der Waals surface area contributed by atoms with Gasteiger partial charge in [-0.1, -0.05) is 6.42 Å². The first kappa shape index (κ1) is 15.5. The molecule has 2 amide bonds. The lowest BCUT2D eigenvalue weighted by Crippen LogP contribution is -2.51. The Kier molecular flexibility index (Phi) is 4.83. The zero-order valence-corrected chi connectivity index (χ0v) is 13.0. The summed E-state index contributed by atoms with van der Waals surface area (Å²) >= 11 is 1.82. The third-order valence-corrected chi connectivity index (χ3v) is 5.90. The number of urea groups is 1. The molecule has 2 atom stereocenters. The second-order valence-corrected chi connectivity index (χ2v) is 7.19. The highest BCUT2D eigenvalue weighted by atomic mass is 32.2. The summed E-state index contributed by atoms with van der Waals surface area (Å²) in [6.07, 6.45) is 6.56. The van der Waals surface area contributed by atoms with E-state index in [1.807, 2.05) is 11.8 Å². The van der Waals surface area contributed by atoms with Crippen LogP contribution in [0.3, 0.4) is 0 Å². The maximum atomic E-state index is 12.3. The first-order valence-corrected chi connectivity index (χ1v) is 8.57. The van der Waals surface area contributed by atoms with Gasteiger partial charge in [-0.15, -0.1) is 0 Å². The van der Waals surface area contributed by atoms with Gasteiger partial charge in [0.05, 0.1) is 5.41 Å². The monoisotopic (exact) mass is 300 g/mol. The fourth-order valence-corrected chi connectivity index (χ4v) is 3.98. The highest BCUT2D eigenvalue weighted by molar-refractivity contribution is 7.99. The van der Waals surface area contributed by atoms with Gasteiger partial charge in [0.2, 0.25) is 0 Å². The minimum Gasteiger partial charge on any atom is -0.481 e. The number of amides is 2. The zero-order chi connectivity index (χ0) is 14.8. The van der Waals surface area contributed by atoms with Crippen LogP contribution in [0.1, 0.15) is 39.0 Å². The molecule has 2 N–H and O–H groups in total. The van der Waals surface area contributed by atoms with Crippen LogP contribution in [0.25, 0.3) is 0 Å². The van der Waals surface area contributed by atoms with E-state index in [1.165, 1.54) is 12.8 Å². The molecule has 6 heteroatoms. The zero-order valence-electron chi connectivity index (χ0n) is 12.2. The van der Waals surface area contributed by atoms with Crippen LogP contribution in [0.4, 0.5) is 4.79 Å². The minimum absolute atomic E-state index is 0.0246. The topological polar surface area (TPSA) is 69.6 Å². The van der Waals surface area contributed by atoms with Gasteiger partial charge in [-0.05, 0) is 38.9 Å². The van der Waals surface area contributed by atoms with Crippen LogP contribution < -0.4 is 5.32 Å². The number of piperidine rings is 1. The van der Waals surface area contributed by atoms with Crippen molar-refractivity contribution in [2.45, 2.75) is 50.3 Å². The lowest BCUT2D eigenvalue weighted by atomic mass is 9.80. The Morgan fingerprint density at radius 3 is 2.50 bits per heavy atom. The van der Waals surface area contributed by atoms with Gasteiger partial charge in [0.25, 0.3) is 0 Å². The maximum Gasteiger partial charge on any atom is 0.317 e. The molecule has 0 radical (unpaired) electrons. The first-order valence-electron chi connectivity index (χ1n) is 7.28. The van der Waals surface area contributed by atoms with Crippen molar-refractivity contribution in [3.8, 4) is 0 Å². The number of aliphatic carboxylic acids is 1. The molecule has 1 aliphatic carbocycles. The van der Waals surface area contributed by atoms with Crippen LogP contribution in [0, 0.1) is 5.41 Å². The molecular weight excluding hydrogens is 276 g/mol. The Morgan fingerprint density at radius 2 is 1.95 bits per heavy atom. The lowest BCUT2D eigenvalue weighted by molar-refractivity contribution is -0.150. The van der Waals surface area contributed by atoms with Crippen LogP contribution in [0.15, 0.2) is 0 Å². The van der Waals surface area contributed by atoms with Crippen molar-refractivity contribution in [3.63, 3.8) is 0 Å². The summed E-state index contributed by atoms with van der Waals surface area (Å²) in [5.74, 6) is -0.754. The Morgan fingerprint density at radius 1 is 1.30 bits per heavy atom. The van der Waals surface area contributed by atoms with Crippen LogP contribution >= 0.6 is 11.8 Å². The molecule has 2 fully saturated rings. The van der Waals surface area contributed by atoms with Crippen molar-refractivity contribution in [1.29, 1.82) is 0 Å². The van der Waals surface area contributed by atoms with Crippen molar-refractivity contribution in [2.75, 3.05) is 19.3 Å². The summed E-state index contributed by atoms with van der Waals surface area (Å²) < 4.78 is 0. The predicted molar refractivity (Wildman–Crippen MR) is 80.0 cm³/mol. The highest BCUT2D eigenvalue weighted by Gasteiger charge is 2.38. The second kappa shape index (κ2) is 6.24. The van der Waals surface area contributed by atoms with E-state index in [9.17, 15) is 14.7 Å². The molecule has 1 aliphatic heterocycles. The number of carbonyl (C=O) groups excluding carboxylic acids is 1. The Hall–Kier alpha value is -0.910. The normalized spacial score (nSPS) is 29.2. The van der Waals surface area contributed by atoms with E-state index in [4.69, 9.17) is 0 Å². The summed E-state index contributed by atoms with van der Waals surface area (Å²) in [5.41, 5.74) is -0.675. The summed E-state index contributed by atoms with van der Waals surface area (Å²) in [4.78, 5) is 25.2. The number of nitrogens with zero attached hydrogens (tertiary/aromatic N) is 1. The molecule has 2 aliphatic rings. The van der Waals surface area contributed by atoms with Gasteiger partial charge in [0, 0.05) is 24.4 Å². The first-order chi connectivity index (χ1) is 9.46. The molecule has 0 bridgehead atoms. The van der Waals surface area contributed by atoms with E-state index in [-0.39, 0.29) is 12.1 Å².